The second-order valence-electron chi connectivity index (χ2n) is 13.0. The van der Waals surface area contributed by atoms with Gasteiger partial charge < -0.3 is 40.7 Å². The fraction of sp³-hybridized carbons (Fsp3) is 0.806. The van der Waals surface area contributed by atoms with Gasteiger partial charge in [0, 0.05) is 49.0 Å². The number of hydrogen-bond acceptors (Lipinski definition) is 8. The molecule has 0 aliphatic carbocycles. The Bertz CT molecular complexity index is 981. The summed E-state index contributed by atoms with van der Waals surface area (Å²) in [7, 11) is 0. The number of nitrogens with one attached hydrogen (secondary N) is 4. The van der Waals surface area contributed by atoms with Crippen LogP contribution in [0.4, 0.5) is 0 Å². The van der Waals surface area contributed by atoms with Gasteiger partial charge in [-0.25, -0.2) is 0 Å². The fourth-order valence-corrected chi connectivity index (χ4v) is 4.27. The van der Waals surface area contributed by atoms with Gasteiger partial charge in [-0.15, -0.1) is 0 Å². The van der Waals surface area contributed by atoms with Gasteiger partial charge in [-0.2, -0.15) is 0 Å². The third kappa shape index (κ3) is 19.9. The van der Waals surface area contributed by atoms with E-state index >= 15 is 0 Å². The molecule has 0 bridgehead atoms. The average molecular weight is 770 g/mol. The Morgan fingerprint density at radius 1 is 0.717 bits per heavy atom. The number of carbonyl (C=O) groups excluding carboxylic acids is 5. The molecular weight excluding hydrogens is 713 g/mol. The third-order valence-electron chi connectivity index (χ3n) is 6.84. The number of ether oxygens (including phenoxy) is 2. The molecule has 5 amide bonds. The highest BCUT2D eigenvalue weighted by Gasteiger charge is 2.30. The number of halogens is 1. The number of aliphatic carboxylic acids is 1. The molecule has 0 aromatic carbocycles. The molecule has 14 nitrogen and oxygen atoms in total. The Labute approximate surface area is 287 Å². The Balaban J connectivity index is 4.40. The number of carboxylic acids is 1. The maximum absolute atomic E-state index is 12.8. The molecule has 0 rings (SSSR count). The molecule has 1 unspecified atom stereocenters. The summed E-state index contributed by atoms with van der Waals surface area (Å²) in [6.07, 6.45) is 1.21. The standard InChI is InChI=1S/C31H56IN5O9/c1-21(2)35-24(38)19-37(20-25(39)36-22(3)4)26(40)10-13-33-29(44)31(7,8)12-15-45-17-18-46-16-14-34-28(43)30(5,6)11-9-23(32)27(41)42/h21-23H,9-20H2,1-8H3,(H,33,44)(H,34,43)(H,35,38)(H,36,39)(H,41,42). The molecule has 5 N–H and O–H groups in total. The van der Waals surface area contributed by atoms with Crippen LogP contribution in [0, 0.1) is 10.8 Å². The van der Waals surface area contributed by atoms with E-state index in [2.05, 4.69) is 21.3 Å². The SMILES string of the molecule is CC(C)NC(=O)CN(CC(=O)NC(C)C)C(=O)CCNC(=O)C(C)(C)CCOCCOCCNC(=O)C(C)(C)CCC(I)C(=O)O. The minimum atomic E-state index is -0.887. The number of carboxylic acid groups (broad SMARTS) is 1. The summed E-state index contributed by atoms with van der Waals surface area (Å²) in [5.41, 5.74) is -1.45. The van der Waals surface area contributed by atoms with E-state index in [0.717, 1.165) is 0 Å². The Morgan fingerprint density at radius 2 is 1.17 bits per heavy atom. The summed E-state index contributed by atoms with van der Waals surface area (Å²) in [5.74, 6) is -2.47. The quantitative estimate of drug-likeness (QED) is 0.0552. The van der Waals surface area contributed by atoms with Crippen molar-refractivity contribution in [1.82, 2.24) is 26.2 Å². The molecular formula is C31H56IN5O9. The van der Waals surface area contributed by atoms with E-state index in [0.29, 0.717) is 52.2 Å². The van der Waals surface area contributed by atoms with Gasteiger partial charge in [0.05, 0.1) is 19.8 Å². The fourth-order valence-electron chi connectivity index (χ4n) is 3.96. The lowest BCUT2D eigenvalue weighted by Gasteiger charge is -2.25. The molecule has 0 fully saturated rings. The van der Waals surface area contributed by atoms with Gasteiger partial charge in [0.2, 0.25) is 29.5 Å². The van der Waals surface area contributed by atoms with Gasteiger partial charge in [0.15, 0.2) is 0 Å². The van der Waals surface area contributed by atoms with Crippen LogP contribution in [0.3, 0.4) is 0 Å². The molecule has 0 saturated carbocycles. The Morgan fingerprint density at radius 3 is 1.65 bits per heavy atom. The van der Waals surface area contributed by atoms with Crippen LogP contribution in [0.5, 0.6) is 0 Å². The predicted octanol–water partition coefficient (Wildman–Crippen LogP) is 1.63. The van der Waals surface area contributed by atoms with Crippen molar-refractivity contribution >= 4 is 58.1 Å². The van der Waals surface area contributed by atoms with Crippen LogP contribution in [0.15, 0.2) is 0 Å². The first-order chi connectivity index (χ1) is 21.3. The maximum atomic E-state index is 12.8. The Hall–Kier alpha value is -2.53. The van der Waals surface area contributed by atoms with Crippen LogP contribution >= 0.6 is 22.6 Å². The maximum Gasteiger partial charge on any atom is 0.316 e. The van der Waals surface area contributed by atoms with Gasteiger partial charge >= 0.3 is 5.97 Å². The summed E-state index contributed by atoms with van der Waals surface area (Å²) in [4.78, 5) is 74.7. The normalized spacial score (nSPS) is 12.4. The van der Waals surface area contributed by atoms with Crippen molar-refractivity contribution in [3.63, 3.8) is 0 Å². The first-order valence-electron chi connectivity index (χ1n) is 15.7. The van der Waals surface area contributed by atoms with E-state index in [-0.39, 0.29) is 61.8 Å². The number of carbonyl (C=O) groups is 6. The van der Waals surface area contributed by atoms with E-state index in [4.69, 9.17) is 14.6 Å². The molecule has 0 spiro atoms. The molecule has 1 atom stereocenters. The van der Waals surface area contributed by atoms with Crippen molar-refractivity contribution in [2.24, 2.45) is 10.8 Å². The Kier molecular flexibility index (Phi) is 20.9. The highest BCUT2D eigenvalue weighted by molar-refractivity contribution is 14.1. The zero-order chi connectivity index (χ0) is 35.5. The summed E-state index contributed by atoms with van der Waals surface area (Å²) in [6.45, 7) is 15.4. The van der Waals surface area contributed by atoms with Gasteiger partial charge in [0.1, 0.15) is 17.0 Å². The number of alkyl halides is 1. The second-order valence-corrected chi connectivity index (χ2v) is 14.5. The lowest BCUT2D eigenvalue weighted by atomic mass is 9.86. The summed E-state index contributed by atoms with van der Waals surface area (Å²) in [6, 6.07) is -0.226. The van der Waals surface area contributed by atoms with E-state index in [1.54, 1.807) is 55.4 Å². The van der Waals surface area contributed by atoms with E-state index in [1.165, 1.54) is 4.90 Å². The minimum Gasteiger partial charge on any atom is -0.480 e. The predicted molar refractivity (Wildman–Crippen MR) is 182 cm³/mol. The largest absolute Gasteiger partial charge is 0.480 e. The van der Waals surface area contributed by atoms with E-state index in [1.807, 2.05) is 22.6 Å². The van der Waals surface area contributed by atoms with Crippen LogP contribution in [0.2, 0.25) is 0 Å². The van der Waals surface area contributed by atoms with Crippen molar-refractivity contribution in [1.29, 1.82) is 0 Å². The topological polar surface area (TPSA) is 192 Å². The van der Waals surface area contributed by atoms with Crippen molar-refractivity contribution in [2.45, 2.75) is 97.1 Å². The number of hydrogen-bond donors (Lipinski definition) is 5. The summed E-state index contributed by atoms with van der Waals surface area (Å²) in [5, 5.41) is 20.0. The van der Waals surface area contributed by atoms with Gasteiger partial charge in [0.25, 0.3) is 0 Å². The molecule has 15 heteroatoms. The van der Waals surface area contributed by atoms with Crippen LogP contribution in [0.25, 0.3) is 0 Å². The highest BCUT2D eigenvalue weighted by atomic mass is 127. The van der Waals surface area contributed by atoms with Crippen LogP contribution in [-0.2, 0) is 38.2 Å². The van der Waals surface area contributed by atoms with Gasteiger partial charge in [-0.05, 0) is 47.0 Å². The number of nitrogens with zero attached hydrogens (tertiary/aromatic N) is 1. The van der Waals surface area contributed by atoms with Crippen molar-refractivity contribution < 1.29 is 43.3 Å². The molecule has 0 aliphatic heterocycles. The van der Waals surface area contributed by atoms with Crippen molar-refractivity contribution in [3.8, 4) is 0 Å². The molecule has 0 saturated heterocycles. The molecule has 0 heterocycles. The molecule has 0 aromatic heterocycles. The molecule has 46 heavy (non-hydrogen) atoms. The van der Waals surface area contributed by atoms with E-state index < -0.39 is 26.6 Å². The van der Waals surface area contributed by atoms with E-state index in [9.17, 15) is 28.8 Å². The lowest BCUT2D eigenvalue weighted by Crippen LogP contribution is -2.48. The third-order valence-corrected chi connectivity index (χ3v) is 8.00. The number of amides is 5. The van der Waals surface area contributed by atoms with Crippen LogP contribution in [-0.4, -0.2) is 114 Å². The zero-order valence-corrected chi connectivity index (χ0v) is 30.9. The van der Waals surface area contributed by atoms with Crippen LogP contribution < -0.4 is 21.3 Å². The summed E-state index contributed by atoms with van der Waals surface area (Å²) < 4.78 is 10.6. The zero-order valence-electron chi connectivity index (χ0n) is 28.8. The minimum absolute atomic E-state index is 0.0543. The average Bonchev–Trinajstić information content (AvgIpc) is 2.93. The van der Waals surface area contributed by atoms with Crippen molar-refractivity contribution in [3.05, 3.63) is 0 Å². The van der Waals surface area contributed by atoms with Gasteiger partial charge in [-0.1, -0.05) is 50.3 Å². The molecule has 0 radical (unpaired) electrons. The smallest absolute Gasteiger partial charge is 0.316 e. The highest BCUT2D eigenvalue weighted by Crippen LogP contribution is 2.25. The van der Waals surface area contributed by atoms with Crippen molar-refractivity contribution in [2.75, 3.05) is 52.6 Å². The van der Waals surface area contributed by atoms with Gasteiger partial charge in [-0.3, -0.25) is 28.8 Å². The number of rotatable bonds is 24. The molecule has 0 aliphatic rings. The monoisotopic (exact) mass is 769 g/mol. The second kappa shape index (κ2) is 22.1. The molecule has 266 valence electrons. The summed E-state index contributed by atoms with van der Waals surface area (Å²) >= 11 is 1.86. The van der Waals surface area contributed by atoms with Crippen LogP contribution in [0.1, 0.15) is 81.1 Å². The first kappa shape index (κ1) is 43.5. The first-order valence-corrected chi connectivity index (χ1v) is 17.0. The lowest BCUT2D eigenvalue weighted by molar-refractivity contribution is -0.140. The molecule has 0 aromatic rings.